The van der Waals surface area contributed by atoms with E-state index in [0.717, 1.165) is 0 Å². The van der Waals surface area contributed by atoms with Crippen molar-refractivity contribution in [2.45, 2.75) is 0 Å². The van der Waals surface area contributed by atoms with E-state index >= 15 is 0 Å². The Hall–Kier alpha value is -4.28. The monoisotopic (exact) mass is 412 g/mol. The summed E-state index contributed by atoms with van der Waals surface area (Å²) in [6, 6.07) is 12.0. The normalized spacial score (nSPS) is 10.2. The number of hydrogen-bond acceptors (Lipinski definition) is 10. The summed E-state index contributed by atoms with van der Waals surface area (Å²) in [5, 5.41) is 17.4. The molecule has 11 nitrogen and oxygen atoms in total. The Morgan fingerprint density at radius 1 is 0.933 bits per heavy atom. The first kappa shape index (κ1) is 20.5. The van der Waals surface area contributed by atoms with Crippen LogP contribution in [0.3, 0.4) is 0 Å². The van der Waals surface area contributed by atoms with Gasteiger partial charge in [-0.15, -0.1) is 0 Å². The predicted octanol–water partition coefficient (Wildman–Crippen LogP) is 3.48. The van der Waals surface area contributed by atoms with Crippen LogP contribution >= 0.6 is 0 Å². The molecule has 1 aromatic heterocycles. The van der Waals surface area contributed by atoms with E-state index in [1.54, 1.807) is 42.5 Å². The highest BCUT2D eigenvalue weighted by atomic mass is 16.6. The summed E-state index contributed by atoms with van der Waals surface area (Å²) in [5.74, 6) is 1.17. The highest BCUT2D eigenvalue weighted by Gasteiger charge is 2.24. The van der Waals surface area contributed by atoms with E-state index in [1.807, 2.05) is 0 Å². The number of anilines is 5. The average molecular weight is 412 g/mol. The molecule has 0 bridgehead atoms. The van der Waals surface area contributed by atoms with Gasteiger partial charge < -0.3 is 30.6 Å². The standard InChI is InChI=1S/C19H20N6O5/c1-28-11-8-9-15(30-3)13(10-11)22-19-23-17(20)16(25(26)27)18(24-19)21-12-6-4-5-7-14(12)29-2/h4-10H,1-3H3,(H4,20,21,22,23,24). The van der Waals surface area contributed by atoms with Crippen LogP contribution in [0.4, 0.5) is 34.6 Å². The smallest absolute Gasteiger partial charge is 0.353 e. The van der Waals surface area contributed by atoms with E-state index in [1.165, 1.54) is 21.3 Å². The Morgan fingerprint density at radius 3 is 2.30 bits per heavy atom. The van der Waals surface area contributed by atoms with Gasteiger partial charge in [-0.3, -0.25) is 10.1 Å². The van der Waals surface area contributed by atoms with Gasteiger partial charge in [0.25, 0.3) is 0 Å². The van der Waals surface area contributed by atoms with E-state index < -0.39 is 10.6 Å². The van der Waals surface area contributed by atoms with Crippen LogP contribution in [-0.4, -0.2) is 36.2 Å². The molecule has 0 saturated carbocycles. The van der Waals surface area contributed by atoms with Gasteiger partial charge in [0.15, 0.2) is 0 Å². The van der Waals surface area contributed by atoms with Crippen LogP contribution in [0, 0.1) is 10.1 Å². The minimum Gasteiger partial charge on any atom is -0.497 e. The van der Waals surface area contributed by atoms with E-state index in [2.05, 4.69) is 20.6 Å². The van der Waals surface area contributed by atoms with Gasteiger partial charge in [-0.05, 0) is 24.3 Å². The van der Waals surface area contributed by atoms with Crippen LogP contribution in [0.25, 0.3) is 0 Å². The van der Waals surface area contributed by atoms with Crippen molar-refractivity contribution < 1.29 is 19.1 Å². The highest BCUT2D eigenvalue weighted by Crippen LogP contribution is 2.36. The van der Waals surface area contributed by atoms with Gasteiger partial charge in [0.1, 0.15) is 17.2 Å². The van der Waals surface area contributed by atoms with Crippen LogP contribution in [0.15, 0.2) is 42.5 Å². The lowest BCUT2D eigenvalue weighted by Crippen LogP contribution is -2.09. The summed E-state index contributed by atoms with van der Waals surface area (Å²) in [6.07, 6.45) is 0. The number of hydrogen-bond donors (Lipinski definition) is 3. The maximum Gasteiger partial charge on any atom is 0.353 e. The lowest BCUT2D eigenvalue weighted by atomic mass is 10.2. The van der Waals surface area contributed by atoms with Gasteiger partial charge in [0, 0.05) is 6.07 Å². The molecule has 0 atom stereocenters. The quantitative estimate of drug-likeness (QED) is 0.371. The fraction of sp³-hybridized carbons (Fsp3) is 0.158. The number of para-hydroxylation sites is 2. The Morgan fingerprint density at radius 2 is 1.63 bits per heavy atom. The molecular formula is C19H20N6O5. The Bertz CT molecular complexity index is 1080. The SMILES string of the molecule is COc1ccc(OC)c(Nc2nc(N)c([N+](=O)[O-])c(Nc3ccccc3OC)n2)c1. The number of nitro groups is 1. The summed E-state index contributed by atoms with van der Waals surface area (Å²) in [6.45, 7) is 0. The number of nitrogens with one attached hydrogen (secondary N) is 2. The van der Waals surface area contributed by atoms with Crippen molar-refractivity contribution in [3.63, 3.8) is 0 Å². The fourth-order valence-corrected chi connectivity index (χ4v) is 2.70. The highest BCUT2D eigenvalue weighted by molar-refractivity contribution is 5.77. The number of methoxy groups -OCH3 is 3. The van der Waals surface area contributed by atoms with Crippen LogP contribution < -0.4 is 30.6 Å². The van der Waals surface area contributed by atoms with E-state index in [9.17, 15) is 10.1 Å². The summed E-state index contributed by atoms with van der Waals surface area (Å²) in [4.78, 5) is 19.2. The molecule has 2 aromatic carbocycles. The van der Waals surface area contributed by atoms with Crippen molar-refractivity contribution in [1.29, 1.82) is 0 Å². The van der Waals surface area contributed by atoms with Crippen molar-refractivity contribution in [3.8, 4) is 17.2 Å². The Labute approximate surface area is 172 Å². The molecule has 3 rings (SSSR count). The van der Waals surface area contributed by atoms with Crippen molar-refractivity contribution in [2.75, 3.05) is 37.7 Å². The van der Waals surface area contributed by atoms with Gasteiger partial charge >= 0.3 is 5.69 Å². The van der Waals surface area contributed by atoms with Crippen molar-refractivity contribution >= 4 is 34.6 Å². The molecule has 0 spiro atoms. The van der Waals surface area contributed by atoms with E-state index in [-0.39, 0.29) is 17.6 Å². The lowest BCUT2D eigenvalue weighted by molar-refractivity contribution is -0.383. The number of nitrogens with two attached hydrogens (primary N) is 1. The molecule has 0 amide bonds. The molecule has 4 N–H and O–H groups in total. The first-order valence-corrected chi connectivity index (χ1v) is 8.67. The third kappa shape index (κ3) is 4.24. The van der Waals surface area contributed by atoms with Gasteiger partial charge in [0.05, 0.1) is 37.6 Å². The average Bonchev–Trinajstić information content (AvgIpc) is 2.73. The summed E-state index contributed by atoms with van der Waals surface area (Å²) < 4.78 is 15.8. The Balaban J connectivity index is 2.05. The second kappa shape index (κ2) is 8.82. The summed E-state index contributed by atoms with van der Waals surface area (Å²) in [5.41, 5.74) is 6.38. The zero-order chi connectivity index (χ0) is 21.7. The molecule has 0 aliphatic rings. The minimum atomic E-state index is -0.650. The van der Waals surface area contributed by atoms with E-state index in [0.29, 0.717) is 28.6 Å². The van der Waals surface area contributed by atoms with Crippen molar-refractivity contribution in [2.24, 2.45) is 0 Å². The van der Waals surface area contributed by atoms with E-state index in [4.69, 9.17) is 19.9 Å². The topological polar surface area (TPSA) is 147 Å². The van der Waals surface area contributed by atoms with Gasteiger partial charge in [-0.1, -0.05) is 12.1 Å². The third-order valence-electron chi connectivity index (χ3n) is 4.11. The molecule has 11 heteroatoms. The van der Waals surface area contributed by atoms with Crippen molar-refractivity contribution in [3.05, 3.63) is 52.6 Å². The van der Waals surface area contributed by atoms with Crippen molar-refractivity contribution in [1.82, 2.24) is 9.97 Å². The van der Waals surface area contributed by atoms with Gasteiger partial charge in [0.2, 0.25) is 17.6 Å². The third-order valence-corrected chi connectivity index (χ3v) is 4.11. The zero-order valence-electron chi connectivity index (χ0n) is 16.5. The molecule has 0 saturated heterocycles. The minimum absolute atomic E-state index is 0.0297. The largest absolute Gasteiger partial charge is 0.497 e. The molecule has 30 heavy (non-hydrogen) atoms. The maximum atomic E-state index is 11.6. The molecule has 0 unspecified atom stereocenters. The maximum absolute atomic E-state index is 11.6. The first-order chi connectivity index (χ1) is 14.5. The molecular weight excluding hydrogens is 392 g/mol. The Kier molecular flexibility index (Phi) is 6.01. The lowest BCUT2D eigenvalue weighted by Gasteiger charge is -2.14. The molecule has 3 aromatic rings. The predicted molar refractivity (Wildman–Crippen MR) is 112 cm³/mol. The molecule has 0 fully saturated rings. The number of aromatic nitrogens is 2. The molecule has 156 valence electrons. The van der Waals surface area contributed by atoms with Gasteiger partial charge in [-0.25, -0.2) is 0 Å². The van der Waals surface area contributed by atoms with Crippen LogP contribution in [0.1, 0.15) is 0 Å². The van der Waals surface area contributed by atoms with Crippen LogP contribution in [0.2, 0.25) is 0 Å². The first-order valence-electron chi connectivity index (χ1n) is 8.67. The number of rotatable bonds is 8. The number of ether oxygens (including phenoxy) is 3. The number of nitrogen functional groups attached to an aromatic ring is 1. The molecule has 1 heterocycles. The summed E-state index contributed by atoms with van der Waals surface area (Å²) >= 11 is 0. The zero-order valence-corrected chi connectivity index (χ0v) is 16.5. The molecule has 0 radical (unpaired) electrons. The number of benzene rings is 2. The second-order valence-corrected chi connectivity index (χ2v) is 5.90. The summed E-state index contributed by atoms with van der Waals surface area (Å²) in [7, 11) is 4.53. The second-order valence-electron chi connectivity index (χ2n) is 5.90. The van der Waals surface area contributed by atoms with Gasteiger partial charge in [-0.2, -0.15) is 9.97 Å². The van der Waals surface area contributed by atoms with Crippen LogP contribution in [-0.2, 0) is 0 Å². The number of nitrogens with zero attached hydrogens (tertiary/aromatic N) is 3. The molecule has 0 aliphatic carbocycles. The molecule has 0 aliphatic heterocycles. The fourth-order valence-electron chi connectivity index (χ4n) is 2.70. The van der Waals surface area contributed by atoms with Crippen LogP contribution in [0.5, 0.6) is 17.2 Å².